The van der Waals surface area contributed by atoms with E-state index in [4.69, 9.17) is 4.74 Å². The van der Waals surface area contributed by atoms with Crippen molar-refractivity contribution in [2.75, 3.05) is 12.4 Å². The summed E-state index contributed by atoms with van der Waals surface area (Å²) in [5.74, 6) is 2.33. The Bertz CT molecular complexity index is 1310. The Morgan fingerprint density at radius 1 is 0.969 bits per heavy atom. The number of benzene rings is 2. The lowest BCUT2D eigenvalue weighted by Gasteiger charge is -2.12. The van der Waals surface area contributed by atoms with Crippen molar-refractivity contribution < 1.29 is 4.74 Å². The van der Waals surface area contributed by atoms with Crippen LogP contribution in [0.5, 0.6) is 5.75 Å². The average molecular weight is 427 g/mol. The summed E-state index contributed by atoms with van der Waals surface area (Å²) in [6, 6.07) is 22.3. The van der Waals surface area contributed by atoms with Crippen molar-refractivity contribution in [1.29, 1.82) is 0 Å². The van der Waals surface area contributed by atoms with Gasteiger partial charge in [0.1, 0.15) is 11.4 Å². The van der Waals surface area contributed by atoms with Crippen LogP contribution in [0.1, 0.15) is 18.6 Å². The summed E-state index contributed by atoms with van der Waals surface area (Å²) in [5.41, 5.74) is 4.08. The van der Waals surface area contributed by atoms with Gasteiger partial charge in [-0.2, -0.15) is 0 Å². The molecule has 0 fully saturated rings. The van der Waals surface area contributed by atoms with Crippen LogP contribution >= 0.6 is 0 Å². The third kappa shape index (κ3) is 4.18. The number of aromatic amines is 1. The number of ether oxygens (including phenoxy) is 1. The highest BCUT2D eigenvalue weighted by Gasteiger charge is 2.17. The fraction of sp³-hybridized carbons (Fsp3) is 0.160. The van der Waals surface area contributed by atoms with Crippen LogP contribution in [-0.2, 0) is 13.1 Å². The second kappa shape index (κ2) is 9.34. The minimum absolute atomic E-state index is 0. The molecular weight excluding hydrogens is 400 g/mol. The van der Waals surface area contributed by atoms with Gasteiger partial charge in [0.2, 0.25) is 5.95 Å². The molecule has 5 aromatic rings. The first-order chi connectivity index (χ1) is 15.3. The van der Waals surface area contributed by atoms with E-state index in [9.17, 15) is 0 Å². The molecule has 0 bridgehead atoms. The molecule has 0 aliphatic rings. The molecular formula is C25H26N6O. The lowest BCUT2D eigenvalue weighted by atomic mass is 10.2. The van der Waals surface area contributed by atoms with Crippen molar-refractivity contribution >= 4 is 17.0 Å². The highest BCUT2D eigenvalue weighted by atomic mass is 16.5. The number of hydrogen-bond acceptors (Lipinski definition) is 5. The van der Waals surface area contributed by atoms with Crippen LogP contribution in [0.25, 0.3) is 22.4 Å². The number of H-pyrrole nitrogens is 1. The molecule has 0 aliphatic heterocycles. The fourth-order valence-corrected chi connectivity index (χ4v) is 3.65. The Kier molecular flexibility index (Phi) is 6.17. The molecule has 0 saturated heterocycles. The van der Waals surface area contributed by atoms with Crippen LogP contribution in [0.4, 0.5) is 5.95 Å². The van der Waals surface area contributed by atoms with Crippen LogP contribution in [-0.4, -0.2) is 31.8 Å². The van der Waals surface area contributed by atoms with Gasteiger partial charge in [-0.25, -0.2) is 4.98 Å². The van der Waals surface area contributed by atoms with Crippen molar-refractivity contribution in [2.45, 2.75) is 20.5 Å². The van der Waals surface area contributed by atoms with Gasteiger partial charge in [0.05, 0.1) is 13.7 Å². The average Bonchev–Trinajstić information content (AvgIpc) is 3.42. The SMILES string of the molecule is C.COc1cccc(CNc2nnc(-c3c[nH]c4ncccc34)n2Cc2ccccc2)c1. The topological polar surface area (TPSA) is 80.7 Å². The van der Waals surface area contributed by atoms with Crippen molar-refractivity contribution in [1.82, 2.24) is 24.7 Å². The number of hydrogen-bond donors (Lipinski definition) is 2. The monoisotopic (exact) mass is 426 g/mol. The van der Waals surface area contributed by atoms with E-state index in [1.54, 1.807) is 13.3 Å². The van der Waals surface area contributed by atoms with E-state index in [1.807, 2.05) is 54.7 Å². The second-order valence-corrected chi connectivity index (χ2v) is 7.23. The molecule has 0 unspecified atom stereocenters. The van der Waals surface area contributed by atoms with Gasteiger partial charge < -0.3 is 15.0 Å². The number of nitrogens with one attached hydrogen (secondary N) is 2. The minimum Gasteiger partial charge on any atom is -0.497 e. The number of fused-ring (bicyclic) bond motifs is 1. The van der Waals surface area contributed by atoms with Crippen LogP contribution in [0, 0.1) is 0 Å². The largest absolute Gasteiger partial charge is 0.497 e. The Morgan fingerprint density at radius 3 is 2.66 bits per heavy atom. The van der Waals surface area contributed by atoms with E-state index < -0.39 is 0 Å². The number of aromatic nitrogens is 5. The molecule has 0 spiro atoms. The maximum atomic E-state index is 5.33. The first-order valence-electron chi connectivity index (χ1n) is 10.1. The van der Waals surface area contributed by atoms with Crippen LogP contribution < -0.4 is 10.1 Å². The molecule has 0 radical (unpaired) electrons. The Morgan fingerprint density at radius 2 is 1.81 bits per heavy atom. The minimum atomic E-state index is 0. The lowest BCUT2D eigenvalue weighted by molar-refractivity contribution is 0.414. The molecule has 2 aromatic carbocycles. The Labute approximate surface area is 187 Å². The van der Waals surface area contributed by atoms with Crippen molar-refractivity contribution in [3.05, 3.63) is 90.3 Å². The molecule has 32 heavy (non-hydrogen) atoms. The molecule has 3 aromatic heterocycles. The van der Waals surface area contributed by atoms with E-state index in [-0.39, 0.29) is 7.43 Å². The van der Waals surface area contributed by atoms with E-state index in [0.717, 1.165) is 33.7 Å². The zero-order valence-electron chi connectivity index (χ0n) is 17.1. The summed E-state index contributed by atoms with van der Waals surface area (Å²) in [5, 5.41) is 13.5. The summed E-state index contributed by atoms with van der Waals surface area (Å²) < 4.78 is 7.44. The maximum Gasteiger partial charge on any atom is 0.225 e. The van der Waals surface area contributed by atoms with E-state index in [1.165, 1.54) is 5.56 Å². The molecule has 7 nitrogen and oxygen atoms in total. The molecule has 0 atom stereocenters. The zero-order chi connectivity index (χ0) is 21.0. The summed E-state index contributed by atoms with van der Waals surface area (Å²) in [4.78, 5) is 7.63. The van der Waals surface area contributed by atoms with Crippen molar-refractivity contribution in [3.8, 4) is 17.1 Å². The van der Waals surface area contributed by atoms with Gasteiger partial charge in [0.15, 0.2) is 5.82 Å². The number of pyridine rings is 1. The van der Waals surface area contributed by atoms with Crippen molar-refractivity contribution in [3.63, 3.8) is 0 Å². The number of rotatable bonds is 7. The van der Waals surface area contributed by atoms with E-state index >= 15 is 0 Å². The van der Waals surface area contributed by atoms with E-state index in [2.05, 4.69) is 48.2 Å². The van der Waals surface area contributed by atoms with Gasteiger partial charge in [-0.05, 0) is 35.4 Å². The standard InChI is InChI=1S/C24H22N6O.CH4/c1-31-19-10-5-9-18(13-19)14-27-24-29-28-23(30(24)16-17-7-3-2-4-8-17)21-15-26-22-20(21)11-6-12-25-22;/h2-13,15H,14,16H2,1H3,(H,25,26)(H,27,29);1H4. The molecule has 0 aliphatic carbocycles. The van der Waals surface area contributed by atoms with Gasteiger partial charge in [-0.1, -0.05) is 49.9 Å². The summed E-state index contributed by atoms with van der Waals surface area (Å²) in [6.07, 6.45) is 3.72. The van der Waals surface area contributed by atoms with Crippen LogP contribution in [0.15, 0.2) is 79.1 Å². The quantitative estimate of drug-likeness (QED) is 0.377. The molecule has 7 heteroatoms. The molecule has 2 N–H and O–H groups in total. The molecule has 162 valence electrons. The predicted molar refractivity (Wildman–Crippen MR) is 128 cm³/mol. The predicted octanol–water partition coefficient (Wildman–Crippen LogP) is 5.13. The first-order valence-corrected chi connectivity index (χ1v) is 10.1. The van der Waals surface area contributed by atoms with Gasteiger partial charge in [-0.3, -0.25) is 4.57 Å². The normalized spacial score (nSPS) is 10.7. The fourth-order valence-electron chi connectivity index (χ4n) is 3.65. The van der Waals surface area contributed by atoms with Crippen LogP contribution in [0.3, 0.4) is 0 Å². The second-order valence-electron chi connectivity index (χ2n) is 7.23. The third-order valence-corrected chi connectivity index (χ3v) is 5.21. The molecule has 5 rings (SSSR count). The highest BCUT2D eigenvalue weighted by molar-refractivity contribution is 5.91. The molecule has 3 heterocycles. The summed E-state index contributed by atoms with van der Waals surface area (Å²) >= 11 is 0. The first kappa shape index (κ1) is 21.1. The third-order valence-electron chi connectivity index (χ3n) is 5.21. The smallest absolute Gasteiger partial charge is 0.225 e. The Balaban J connectivity index is 0.00000245. The number of nitrogens with zero attached hydrogens (tertiary/aromatic N) is 4. The van der Waals surface area contributed by atoms with Crippen LogP contribution in [0.2, 0.25) is 0 Å². The van der Waals surface area contributed by atoms with Gasteiger partial charge >= 0.3 is 0 Å². The Hall–Kier alpha value is -4.13. The van der Waals surface area contributed by atoms with Gasteiger partial charge in [0, 0.05) is 29.9 Å². The summed E-state index contributed by atoms with van der Waals surface area (Å²) in [7, 11) is 1.67. The number of methoxy groups -OCH3 is 1. The summed E-state index contributed by atoms with van der Waals surface area (Å²) in [6.45, 7) is 1.26. The van der Waals surface area contributed by atoms with Gasteiger partial charge in [0.25, 0.3) is 0 Å². The maximum absolute atomic E-state index is 5.33. The lowest BCUT2D eigenvalue weighted by Crippen LogP contribution is -2.09. The zero-order valence-corrected chi connectivity index (χ0v) is 17.1. The number of anilines is 1. The molecule has 0 amide bonds. The van der Waals surface area contributed by atoms with Crippen molar-refractivity contribution in [2.24, 2.45) is 0 Å². The molecule has 0 saturated carbocycles. The van der Waals surface area contributed by atoms with Gasteiger partial charge in [-0.15, -0.1) is 10.2 Å². The highest BCUT2D eigenvalue weighted by Crippen LogP contribution is 2.28. The van der Waals surface area contributed by atoms with E-state index in [0.29, 0.717) is 19.0 Å².